The zero-order chi connectivity index (χ0) is 21.2. The van der Waals surface area contributed by atoms with Crippen LogP contribution in [0.25, 0.3) is 0 Å². The maximum atomic E-state index is 13.1. The molecule has 1 aromatic rings. The fourth-order valence-corrected chi connectivity index (χ4v) is 4.41. The number of hydrogen-bond acceptors (Lipinski definition) is 6. The molecule has 2 unspecified atom stereocenters. The summed E-state index contributed by atoms with van der Waals surface area (Å²) in [5, 5.41) is 0. The minimum absolute atomic E-state index is 0.0284. The van der Waals surface area contributed by atoms with Crippen LogP contribution in [0, 0.1) is 0 Å². The van der Waals surface area contributed by atoms with Gasteiger partial charge in [0.2, 0.25) is 5.91 Å². The predicted molar refractivity (Wildman–Crippen MR) is 109 cm³/mol. The molecular formula is C20H28N2O6S. The fraction of sp³-hybridized carbons (Fsp3) is 0.550. The molecule has 2 amide bonds. The molecule has 29 heavy (non-hydrogen) atoms. The highest BCUT2D eigenvalue weighted by Gasteiger charge is 2.37. The van der Waals surface area contributed by atoms with E-state index in [0.717, 1.165) is 12.0 Å². The smallest absolute Gasteiger partial charge is 0.410 e. The van der Waals surface area contributed by atoms with Crippen LogP contribution in [-0.2, 0) is 36.3 Å². The van der Waals surface area contributed by atoms with Crippen molar-refractivity contribution < 1.29 is 28.1 Å². The van der Waals surface area contributed by atoms with Gasteiger partial charge in [0.25, 0.3) is 0 Å². The van der Waals surface area contributed by atoms with Crippen molar-refractivity contribution in [1.82, 2.24) is 9.80 Å². The van der Waals surface area contributed by atoms with Gasteiger partial charge in [0.05, 0.1) is 19.5 Å². The molecule has 0 radical (unpaired) electrons. The van der Waals surface area contributed by atoms with E-state index in [0.29, 0.717) is 6.42 Å². The van der Waals surface area contributed by atoms with Crippen molar-refractivity contribution >= 4 is 28.8 Å². The molecule has 1 aliphatic rings. The zero-order valence-electron chi connectivity index (χ0n) is 16.9. The zero-order valence-corrected chi connectivity index (χ0v) is 17.7. The lowest BCUT2D eigenvalue weighted by molar-refractivity contribution is -0.148. The monoisotopic (exact) mass is 424 g/mol. The van der Waals surface area contributed by atoms with Crippen molar-refractivity contribution in [3.05, 3.63) is 35.9 Å². The SMILES string of the molecule is CCOC(=O)N(CCCc1ccccc1)C1CS(=O)CCN(CC(=O)OC)C1=O. The summed E-state index contributed by atoms with van der Waals surface area (Å²) in [5.74, 6) is -0.689. The predicted octanol–water partition coefficient (Wildman–Crippen LogP) is 1.21. The number of nitrogens with zero attached hydrogens (tertiary/aromatic N) is 2. The average molecular weight is 425 g/mol. The quantitative estimate of drug-likeness (QED) is 0.583. The van der Waals surface area contributed by atoms with Gasteiger partial charge in [-0.2, -0.15) is 0 Å². The van der Waals surface area contributed by atoms with Gasteiger partial charge >= 0.3 is 12.1 Å². The molecule has 1 heterocycles. The van der Waals surface area contributed by atoms with Crippen LogP contribution in [0.15, 0.2) is 30.3 Å². The van der Waals surface area contributed by atoms with Gasteiger partial charge in [0.1, 0.15) is 12.6 Å². The summed E-state index contributed by atoms with van der Waals surface area (Å²) in [6.45, 7) is 2.09. The Kier molecular flexibility index (Phi) is 9.11. The van der Waals surface area contributed by atoms with E-state index in [1.807, 2.05) is 30.3 Å². The molecule has 2 rings (SSSR count). The topological polar surface area (TPSA) is 93.2 Å². The van der Waals surface area contributed by atoms with Crippen LogP contribution in [0.3, 0.4) is 0 Å². The number of aryl methyl sites for hydroxylation is 1. The molecule has 1 aliphatic heterocycles. The standard InChI is InChI=1S/C20H28N2O6S/c1-3-28-20(25)22(11-7-10-16-8-5-4-6-9-16)17-15-29(26)13-12-21(19(17)24)14-18(23)27-2/h4-6,8-9,17H,3,7,10-15H2,1-2H3. The first-order valence-corrected chi connectivity index (χ1v) is 11.1. The molecule has 8 nitrogen and oxygen atoms in total. The van der Waals surface area contributed by atoms with Crippen molar-refractivity contribution in [3.8, 4) is 0 Å². The number of amides is 2. The van der Waals surface area contributed by atoms with Crippen LogP contribution < -0.4 is 0 Å². The lowest BCUT2D eigenvalue weighted by Crippen LogP contribution is -2.53. The highest BCUT2D eigenvalue weighted by molar-refractivity contribution is 7.85. The molecule has 0 saturated carbocycles. The third-order valence-electron chi connectivity index (χ3n) is 4.66. The summed E-state index contributed by atoms with van der Waals surface area (Å²) in [4.78, 5) is 40.0. The Balaban J connectivity index is 2.16. The van der Waals surface area contributed by atoms with Gasteiger partial charge < -0.3 is 14.4 Å². The van der Waals surface area contributed by atoms with E-state index < -0.39 is 34.8 Å². The minimum atomic E-state index is -1.29. The molecule has 9 heteroatoms. The van der Waals surface area contributed by atoms with E-state index in [4.69, 9.17) is 4.74 Å². The summed E-state index contributed by atoms with van der Waals surface area (Å²) in [6.07, 6.45) is 0.735. The highest BCUT2D eigenvalue weighted by atomic mass is 32.2. The maximum absolute atomic E-state index is 13.1. The van der Waals surface area contributed by atoms with Gasteiger partial charge in [-0.15, -0.1) is 0 Å². The van der Waals surface area contributed by atoms with E-state index in [1.165, 1.54) is 16.9 Å². The molecule has 2 atom stereocenters. The highest BCUT2D eigenvalue weighted by Crippen LogP contribution is 2.15. The lowest BCUT2D eigenvalue weighted by Gasteiger charge is -2.31. The van der Waals surface area contributed by atoms with Crippen LogP contribution in [0.2, 0.25) is 0 Å². The number of esters is 1. The molecule has 1 saturated heterocycles. The van der Waals surface area contributed by atoms with Crippen molar-refractivity contribution in [1.29, 1.82) is 0 Å². The van der Waals surface area contributed by atoms with Crippen molar-refractivity contribution in [2.24, 2.45) is 0 Å². The lowest BCUT2D eigenvalue weighted by atomic mass is 10.1. The molecule has 1 aromatic carbocycles. The molecule has 1 fully saturated rings. The fourth-order valence-electron chi connectivity index (χ4n) is 3.14. The number of carbonyl (C=O) groups excluding carboxylic acids is 3. The first kappa shape index (κ1) is 22.9. The van der Waals surface area contributed by atoms with Crippen molar-refractivity contribution in [2.45, 2.75) is 25.8 Å². The third-order valence-corrected chi connectivity index (χ3v) is 5.99. The summed E-state index contributed by atoms with van der Waals surface area (Å²) >= 11 is 0. The first-order valence-electron chi connectivity index (χ1n) is 9.64. The average Bonchev–Trinajstić information content (AvgIpc) is 2.85. The molecule has 0 bridgehead atoms. The van der Waals surface area contributed by atoms with Gasteiger partial charge in [-0.25, -0.2) is 4.79 Å². The summed E-state index contributed by atoms with van der Waals surface area (Å²) in [5.41, 5.74) is 1.12. The second kappa shape index (κ2) is 11.5. The Morgan fingerprint density at radius 2 is 2.00 bits per heavy atom. The molecular weight excluding hydrogens is 396 g/mol. The largest absolute Gasteiger partial charge is 0.468 e. The second-order valence-electron chi connectivity index (χ2n) is 6.64. The van der Waals surface area contributed by atoms with Crippen LogP contribution >= 0.6 is 0 Å². The number of rotatable bonds is 8. The Labute approximate surface area is 173 Å². The van der Waals surface area contributed by atoms with Gasteiger partial charge in [-0.05, 0) is 25.3 Å². The van der Waals surface area contributed by atoms with Crippen molar-refractivity contribution in [3.63, 3.8) is 0 Å². The number of benzene rings is 1. The van der Waals surface area contributed by atoms with Crippen LogP contribution in [-0.4, -0.2) is 82.9 Å². The van der Waals surface area contributed by atoms with Gasteiger partial charge in [0.15, 0.2) is 0 Å². The Hall–Kier alpha value is -2.42. The Morgan fingerprint density at radius 1 is 1.28 bits per heavy atom. The molecule has 0 aliphatic carbocycles. The summed E-state index contributed by atoms with van der Waals surface area (Å²) in [6, 6.07) is 8.89. The van der Waals surface area contributed by atoms with Gasteiger partial charge in [-0.1, -0.05) is 30.3 Å². The Morgan fingerprint density at radius 3 is 2.66 bits per heavy atom. The van der Waals surface area contributed by atoms with Crippen molar-refractivity contribution in [2.75, 3.05) is 44.9 Å². The van der Waals surface area contributed by atoms with E-state index in [-0.39, 0.29) is 37.7 Å². The van der Waals surface area contributed by atoms with Gasteiger partial charge in [-0.3, -0.25) is 18.7 Å². The number of carbonyl (C=O) groups is 3. The van der Waals surface area contributed by atoms with Crippen LogP contribution in [0.4, 0.5) is 4.79 Å². The first-order chi connectivity index (χ1) is 14.0. The van der Waals surface area contributed by atoms with Gasteiger partial charge in [0, 0.05) is 29.6 Å². The summed E-state index contributed by atoms with van der Waals surface area (Å²) < 4.78 is 22.2. The molecule has 0 N–H and O–H groups in total. The van der Waals surface area contributed by atoms with E-state index in [1.54, 1.807) is 6.92 Å². The third kappa shape index (κ3) is 6.85. The summed E-state index contributed by atoms with van der Waals surface area (Å²) in [7, 11) is -0.0476. The Bertz CT molecular complexity index is 727. The number of hydrogen-bond donors (Lipinski definition) is 0. The number of methoxy groups -OCH3 is 1. The number of ether oxygens (including phenoxy) is 2. The van der Waals surface area contributed by atoms with E-state index in [2.05, 4.69) is 4.74 Å². The maximum Gasteiger partial charge on any atom is 0.410 e. The normalized spacial score (nSPS) is 19.4. The van der Waals surface area contributed by atoms with E-state index >= 15 is 0 Å². The van der Waals surface area contributed by atoms with Crippen LogP contribution in [0.5, 0.6) is 0 Å². The molecule has 160 valence electrons. The van der Waals surface area contributed by atoms with Crippen LogP contribution in [0.1, 0.15) is 18.9 Å². The van der Waals surface area contributed by atoms with E-state index in [9.17, 15) is 18.6 Å². The molecule has 0 spiro atoms. The molecule has 0 aromatic heterocycles. The minimum Gasteiger partial charge on any atom is -0.468 e. The second-order valence-corrected chi connectivity index (χ2v) is 8.27.